The van der Waals surface area contributed by atoms with E-state index in [1.54, 1.807) is 24.3 Å². The van der Waals surface area contributed by atoms with E-state index >= 15 is 0 Å². The van der Waals surface area contributed by atoms with Crippen LogP contribution in [-0.4, -0.2) is 32.3 Å². The van der Waals surface area contributed by atoms with Crippen molar-refractivity contribution < 1.29 is 23.1 Å². The molecule has 0 radical (unpaired) electrons. The standard InChI is InChI=1S/C18H19NO5S/c1-14-8-10-16(11-9-14)25(23,24)19(12-4-7-18(21)22)17-6-3-2-5-15(17)13-20/h2-3,5-6,8-11,13H,4,7,12H2,1H3,(H,21,22). The Morgan fingerprint density at radius 3 is 2.36 bits per heavy atom. The number of sulfonamides is 1. The molecule has 0 fully saturated rings. The molecular weight excluding hydrogens is 342 g/mol. The third kappa shape index (κ3) is 4.45. The molecule has 0 saturated carbocycles. The van der Waals surface area contributed by atoms with E-state index in [4.69, 9.17) is 5.11 Å². The Hall–Kier alpha value is -2.67. The maximum atomic E-state index is 13.1. The van der Waals surface area contributed by atoms with Crippen molar-refractivity contribution in [1.82, 2.24) is 0 Å². The van der Waals surface area contributed by atoms with Crippen molar-refractivity contribution in [1.29, 1.82) is 0 Å². The van der Waals surface area contributed by atoms with Gasteiger partial charge in [0.05, 0.1) is 10.6 Å². The van der Waals surface area contributed by atoms with E-state index in [1.807, 2.05) is 6.92 Å². The molecule has 132 valence electrons. The molecule has 6 nitrogen and oxygen atoms in total. The second kappa shape index (κ2) is 7.94. The van der Waals surface area contributed by atoms with Crippen molar-refractivity contribution in [3.63, 3.8) is 0 Å². The Balaban J connectivity index is 2.48. The third-order valence-corrected chi connectivity index (χ3v) is 5.52. The fourth-order valence-electron chi connectivity index (χ4n) is 2.40. The molecule has 0 saturated heterocycles. The van der Waals surface area contributed by atoms with Crippen LogP contribution in [0.2, 0.25) is 0 Å². The predicted molar refractivity (Wildman–Crippen MR) is 94.4 cm³/mol. The van der Waals surface area contributed by atoms with Crippen molar-refractivity contribution in [2.45, 2.75) is 24.7 Å². The van der Waals surface area contributed by atoms with Gasteiger partial charge in [0.15, 0.2) is 6.29 Å². The van der Waals surface area contributed by atoms with Gasteiger partial charge in [-0.25, -0.2) is 8.42 Å². The van der Waals surface area contributed by atoms with E-state index in [0.717, 1.165) is 9.87 Å². The minimum atomic E-state index is -3.92. The lowest BCUT2D eigenvalue weighted by Gasteiger charge is -2.25. The number of aryl methyl sites for hydroxylation is 1. The van der Waals surface area contributed by atoms with E-state index in [0.29, 0.717) is 6.29 Å². The minimum Gasteiger partial charge on any atom is -0.481 e. The number of carbonyl (C=O) groups is 2. The van der Waals surface area contributed by atoms with Gasteiger partial charge < -0.3 is 5.11 Å². The summed E-state index contributed by atoms with van der Waals surface area (Å²) in [5.74, 6) is -1.00. The Kier molecular flexibility index (Phi) is 5.93. The number of anilines is 1. The number of rotatable bonds is 8. The van der Waals surface area contributed by atoms with Crippen molar-refractivity contribution in [2.75, 3.05) is 10.8 Å². The van der Waals surface area contributed by atoms with Crippen LogP contribution in [0.15, 0.2) is 53.4 Å². The molecule has 0 heterocycles. The highest BCUT2D eigenvalue weighted by molar-refractivity contribution is 7.92. The summed E-state index contributed by atoms with van der Waals surface area (Å²) in [6.45, 7) is 1.82. The number of para-hydroxylation sites is 1. The fourth-order valence-corrected chi connectivity index (χ4v) is 3.92. The predicted octanol–water partition coefficient (Wildman–Crippen LogP) is 2.87. The van der Waals surface area contributed by atoms with Crippen molar-refractivity contribution >= 4 is 28.0 Å². The Morgan fingerprint density at radius 1 is 1.12 bits per heavy atom. The Morgan fingerprint density at radius 2 is 1.76 bits per heavy atom. The highest BCUT2D eigenvalue weighted by Crippen LogP contribution is 2.27. The zero-order valence-corrected chi connectivity index (χ0v) is 14.6. The van der Waals surface area contributed by atoms with Crippen LogP contribution in [0.5, 0.6) is 0 Å². The van der Waals surface area contributed by atoms with Crippen LogP contribution in [-0.2, 0) is 14.8 Å². The normalized spacial score (nSPS) is 11.1. The topological polar surface area (TPSA) is 91.8 Å². The van der Waals surface area contributed by atoms with Gasteiger partial charge in [0.1, 0.15) is 0 Å². The maximum absolute atomic E-state index is 13.1. The van der Waals surface area contributed by atoms with Gasteiger partial charge in [0, 0.05) is 18.5 Å². The number of carboxylic acid groups (broad SMARTS) is 1. The average Bonchev–Trinajstić information content (AvgIpc) is 2.58. The van der Waals surface area contributed by atoms with Crippen molar-refractivity contribution in [3.05, 3.63) is 59.7 Å². The zero-order chi connectivity index (χ0) is 18.4. The molecule has 2 aromatic rings. The van der Waals surface area contributed by atoms with Crippen LogP contribution in [0.3, 0.4) is 0 Å². The van der Waals surface area contributed by atoms with Crippen molar-refractivity contribution in [3.8, 4) is 0 Å². The highest BCUT2D eigenvalue weighted by Gasteiger charge is 2.26. The maximum Gasteiger partial charge on any atom is 0.303 e. The van der Waals surface area contributed by atoms with E-state index < -0.39 is 16.0 Å². The van der Waals surface area contributed by atoms with Gasteiger partial charge in [-0.2, -0.15) is 0 Å². The number of carbonyl (C=O) groups excluding carboxylic acids is 1. The monoisotopic (exact) mass is 361 g/mol. The second-order valence-corrected chi connectivity index (χ2v) is 7.43. The summed E-state index contributed by atoms with van der Waals surface area (Å²) in [7, 11) is -3.92. The Labute approximate surface area is 146 Å². The second-order valence-electron chi connectivity index (χ2n) is 5.56. The zero-order valence-electron chi connectivity index (χ0n) is 13.8. The van der Waals surface area contributed by atoms with Gasteiger partial charge in [-0.05, 0) is 37.6 Å². The Bertz CT molecular complexity index is 859. The molecule has 2 rings (SSSR count). The van der Waals surface area contributed by atoms with Crippen LogP contribution < -0.4 is 4.31 Å². The smallest absolute Gasteiger partial charge is 0.303 e. The lowest BCUT2D eigenvalue weighted by molar-refractivity contribution is -0.137. The van der Waals surface area contributed by atoms with Crippen LogP contribution in [0.25, 0.3) is 0 Å². The molecule has 0 bridgehead atoms. The van der Waals surface area contributed by atoms with Gasteiger partial charge in [0.25, 0.3) is 10.0 Å². The van der Waals surface area contributed by atoms with E-state index in [1.165, 1.54) is 24.3 Å². The minimum absolute atomic E-state index is 0.0344. The van der Waals surface area contributed by atoms with Crippen LogP contribution in [0, 0.1) is 6.92 Å². The average molecular weight is 361 g/mol. The number of aldehydes is 1. The largest absolute Gasteiger partial charge is 0.481 e. The van der Waals surface area contributed by atoms with Gasteiger partial charge in [-0.1, -0.05) is 29.8 Å². The van der Waals surface area contributed by atoms with Gasteiger partial charge in [0.2, 0.25) is 0 Å². The molecule has 7 heteroatoms. The van der Waals surface area contributed by atoms with Gasteiger partial charge >= 0.3 is 5.97 Å². The molecule has 0 spiro atoms. The number of carboxylic acids is 1. The summed E-state index contributed by atoms with van der Waals surface area (Å²) in [4.78, 5) is 22.2. The molecule has 0 aromatic heterocycles. The first-order valence-electron chi connectivity index (χ1n) is 7.71. The lowest BCUT2D eigenvalue weighted by atomic mass is 10.2. The highest BCUT2D eigenvalue weighted by atomic mass is 32.2. The number of aliphatic carboxylic acids is 1. The summed E-state index contributed by atoms with van der Waals surface area (Å²) in [6.07, 6.45) is 0.557. The van der Waals surface area contributed by atoms with Gasteiger partial charge in [-0.15, -0.1) is 0 Å². The molecule has 0 amide bonds. The van der Waals surface area contributed by atoms with Crippen LogP contribution in [0.1, 0.15) is 28.8 Å². The first-order chi connectivity index (χ1) is 11.9. The number of hydrogen-bond acceptors (Lipinski definition) is 4. The lowest BCUT2D eigenvalue weighted by Crippen LogP contribution is -2.33. The number of nitrogens with zero attached hydrogens (tertiary/aromatic N) is 1. The molecule has 0 aliphatic rings. The summed E-state index contributed by atoms with van der Waals surface area (Å²) in [5.41, 5.74) is 1.39. The molecule has 1 N–H and O–H groups in total. The third-order valence-electron chi connectivity index (χ3n) is 3.69. The molecule has 0 aliphatic heterocycles. The summed E-state index contributed by atoms with van der Waals surface area (Å²) >= 11 is 0. The molecule has 0 atom stereocenters. The molecule has 0 aliphatic carbocycles. The molecular formula is C18H19NO5S. The van der Waals surface area contributed by atoms with E-state index in [2.05, 4.69) is 0 Å². The summed E-state index contributed by atoms with van der Waals surface area (Å²) < 4.78 is 27.2. The van der Waals surface area contributed by atoms with E-state index in [9.17, 15) is 18.0 Å². The van der Waals surface area contributed by atoms with E-state index in [-0.39, 0.29) is 35.5 Å². The summed E-state index contributed by atoms with van der Waals surface area (Å²) in [5, 5.41) is 8.82. The SMILES string of the molecule is Cc1ccc(S(=O)(=O)N(CCCC(=O)O)c2ccccc2C=O)cc1. The summed E-state index contributed by atoms with van der Waals surface area (Å²) in [6, 6.07) is 12.7. The first-order valence-corrected chi connectivity index (χ1v) is 9.15. The first kappa shape index (κ1) is 18.7. The van der Waals surface area contributed by atoms with Crippen LogP contribution in [0.4, 0.5) is 5.69 Å². The van der Waals surface area contributed by atoms with Crippen molar-refractivity contribution in [2.24, 2.45) is 0 Å². The number of benzene rings is 2. The molecule has 2 aromatic carbocycles. The van der Waals surface area contributed by atoms with Crippen LogP contribution >= 0.6 is 0 Å². The molecule has 25 heavy (non-hydrogen) atoms. The molecule has 0 unspecified atom stereocenters. The quantitative estimate of drug-likeness (QED) is 0.730. The fraction of sp³-hybridized carbons (Fsp3) is 0.222. The van der Waals surface area contributed by atoms with Gasteiger partial charge in [-0.3, -0.25) is 13.9 Å². The number of hydrogen-bond donors (Lipinski definition) is 1.